The fourth-order valence-corrected chi connectivity index (χ4v) is 7.06. The second kappa shape index (κ2) is 12.7. The fraction of sp³-hybridized carbons (Fsp3) is 0.0426. The number of allylic oxidation sites excluding steroid dienone is 1. The number of furan rings is 2. The second-order valence-corrected chi connectivity index (χ2v) is 13.0. The van der Waals surface area contributed by atoms with E-state index in [4.69, 9.17) is 19.6 Å². The normalized spacial score (nSPS) is 12.4. The zero-order valence-corrected chi connectivity index (χ0v) is 28.1. The van der Waals surface area contributed by atoms with Crippen molar-refractivity contribution in [2.75, 3.05) is 0 Å². The molecule has 0 aliphatic rings. The lowest BCUT2D eigenvalue weighted by atomic mass is 9.99. The first-order valence-electron chi connectivity index (χ1n) is 17.2. The minimum atomic E-state index is 0.453. The number of hydrogen-bond acceptors (Lipinski definition) is 3. The molecule has 0 unspecified atom stereocenters. The molecule has 2 heterocycles. The Morgan fingerprint density at radius 1 is 0.549 bits per heavy atom. The Labute approximate surface area is 295 Å². The Balaban J connectivity index is 1.11. The van der Waals surface area contributed by atoms with Crippen LogP contribution in [0.5, 0.6) is 0 Å². The summed E-state index contributed by atoms with van der Waals surface area (Å²) in [5.74, 6) is 0.453. The van der Waals surface area contributed by atoms with Crippen molar-refractivity contribution in [3.8, 4) is 22.3 Å². The molecule has 0 saturated heterocycles. The van der Waals surface area contributed by atoms with Gasteiger partial charge in [0.15, 0.2) is 0 Å². The van der Waals surface area contributed by atoms with Gasteiger partial charge in [0.1, 0.15) is 28.2 Å². The lowest BCUT2D eigenvalue weighted by molar-refractivity contribution is 0.657. The van der Waals surface area contributed by atoms with Crippen molar-refractivity contribution < 1.29 is 8.83 Å². The van der Waals surface area contributed by atoms with E-state index in [9.17, 15) is 0 Å². The van der Waals surface area contributed by atoms with Crippen LogP contribution in [-0.4, -0.2) is 5.84 Å². The molecule has 244 valence electrons. The lowest BCUT2D eigenvalue weighted by Gasteiger charge is -2.09. The topological polar surface area (TPSA) is 64.7 Å². The van der Waals surface area contributed by atoms with E-state index in [1.165, 1.54) is 11.1 Å². The largest absolute Gasteiger partial charge is 0.455 e. The van der Waals surface area contributed by atoms with E-state index >= 15 is 0 Å². The van der Waals surface area contributed by atoms with Crippen LogP contribution in [0.4, 0.5) is 0 Å². The average molecular weight is 659 g/mol. The van der Waals surface area contributed by atoms with Crippen LogP contribution in [0.2, 0.25) is 0 Å². The average Bonchev–Trinajstić information content (AvgIpc) is 3.73. The highest BCUT2D eigenvalue weighted by Gasteiger charge is 2.18. The molecule has 51 heavy (non-hydrogen) atoms. The molecule has 4 heteroatoms. The third-order valence-electron chi connectivity index (χ3n) is 9.60. The molecule has 7 aromatic carbocycles. The zero-order valence-electron chi connectivity index (χ0n) is 28.1. The molecule has 0 amide bonds. The predicted octanol–water partition coefficient (Wildman–Crippen LogP) is 12.1. The van der Waals surface area contributed by atoms with Crippen LogP contribution in [0.15, 0.2) is 178 Å². The number of para-hydroxylation sites is 2. The van der Waals surface area contributed by atoms with Crippen LogP contribution in [0.3, 0.4) is 0 Å². The van der Waals surface area contributed by atoms with E-state index in [1.807, 2.05) is 42.5 Å². The molecule has 4 nitrogen and oxygen atoms in total. The Bertz CT molecular complexity index is 2790. The molecule has 0 radical (unpaired) electrons. The van der Waals surface area contributed by atoms with Crippen molar-refractivity contribution in [3.63, 3.8) is 0 Å². The second-order valence-electron chi connectivity index (χ2n) is 13.0. The molecule has 0 bridgehead atoms. The third kappa shape index (κ3) is 5.67. The molecule has 0 fully saturated rings. The maximum Gasteiger partial charge on any atom is 0.143 e. The van der Waals surface area contributed by atoms with Gasteiger partial charge in [-0.3, -0.25) is 0 Å². The summed E-state index contributed by atoms with van der Waals surface area (Å²) in [6.07, 6.45) is 2.89. The number of nitrogens with two attached hydrogens (primary N) is 1. The first-order chi connectivity index (χ1) is 25.1. The minimum Gasteiger partial charge on any atom is -0.455 e. The van der Waals surface area contributed by atoms with Crippen molar-refractivity contribution >= 4 is 55.4 Å². The van der Waals surface area contributed by atoms with Crippen LogP contribution in [-0.2, 0) is 6.42 Å². The minimum absolute atomic E-state index is 0.453. The first-order valence-corrected chi connectivity index (χ1v) is 17.2. The van der Waals surface area contributed by atoms with Crippen LogP contribution in [0.1, 0.15) is 22.3 Å². The maximum absolute atomic E-state index is 6.74. The predicted molar refractivity (Wildman–Crippen MR) is 212 cm³/mol. The van der Waals surface area contributed by atoms with Crippen LogP contribution < -0.4 is 5.73 Å². The highest BCUT2D eigenvalue weighted by molar-refractivity contribution is 6.18. The quantitative estimate of drug-likeness (QED) is 0.137. The standard InChI is InChI=1S/C47H34N2O2/c1-30-12-8-17-33(26-30)36-20-10-22-38-40-28-41-39-23-11-21-37(46(39)51-44(41)29-43(40)50-45(36)38)34-18-9-19-35(27-34)47(48)49-42(32-15-6-3-7-16-32)25-24-31-13-4-2-5-14-31/h2-23,25-29H,24H2,1H3,(H2,48,49)/b42-25-. The molecule has 0 aliphatic heterocycles. The lowest BCUT2D eigenvalue weighted by Crippen LogP contribution is -2.13. The van der Waals surface area contributed by atoms with Crippen LogP contribution in [0, 0.1) is 6.92 Å². The van der Waals surface area contributed by atoms with Gasteiger partial charge < -0.3 is 14.6 Å². The van der Waals surface area contributed by atoms with Gasteiger partial charge in [0.2, 0.25) is 0 Å². The van der Waals surface area contributed by atoms with Crippen molar-refractivity contribution in [2.24, 2.45) is 10.7 Å². The van der Waals surface area contributed by atoms with Crippen molar-refractivity contribution in [1.29, 1.82) is 0 Å². The Kier molecular flexibility index (Phi) is 7.55. The summed E-state index contributed by atoms with van der Waals surface area (Å²) in [4.78, 5) is 4.97. The SMILES string of the molecule is Cc1cccc(-c2cccc3c2oc2cc4oc5c(-c6cccc(C(N)=N/C(=C\Cc7ccccc7)c7ccccc7)c6)cccc5c4cc23)c1. The summed E-state index contributed by atoms with van der Waals surface area (Å²) in [7, 11) is 0. The monoisotopic (exact) mass is 658 g/mol. The van der Waals surface area contributed by atoms with Crippen molar-refractivity contribution in [1.82, 2.24) is 0 Å². The Morgan fingerprint density at radius 3 is 1.76 bits per heavy atom. The van der Waals surface area contributed by atoms with E-state index in [-0.39, 0.29) is 0 Å². The third-order valence-corrected chi connectivity index (χ3v) is 9.60. The highest BCUT2D eigenvalue weighted by atomic mass is 16.3. The number of hydrogen-bond donors (Lipinski definition) is 1. The number of amidine groups is 1. The molecule has 2 aromatic heterocycles. The van der Waals surface area contributed by atoms with Crippen LogP contribution in [0.25, 0.3) is 71.8 Å². The van der Waals surface area contributed by atoms with Gasteiger partial charge >= 0.3 is 0 Å². The van der Waals surface area contributed by atoms with Crippen LogP contribution >= 0.6 is 0 Å². The van der Waals surface area contributed by atoms with Gasteiger partial charge in [0.25, 0.3) is 0 Å². The van der Waals surface area contributed by atoms with Gasteiger partial charge in [-0.15, -0.1) is 0 Å². The van der Waals surface area contributed by atoms with Gasteiger partial charge in [-0.25, -0.2) is 4.99 Å². The number of rotatable bonds is 7. The summed E-state index contributed by atoms with van der Waals surface area (Å²) in [6.45, 7) is 2.11. The fourth-order valence-electron chi connectivity index (χ4n) is 7.06. The summed E-state index contributed by atoms with van der Waals surface area (Å²) in [5, 5.41) is 4.26. The summed E-state index contributed by atoms with van der Waals surface area (Å²) < 4.78 is 13.2. The maximum atomic E-state index is 6.74. The van der Waals surface area contributed by atoms with Gasteiger partial charge in [-0.05, 0) is 47.7 Å². The van der Waals surface area contributed by atoms with E-state index in [0.29, 0.717) is 5.84 Å². The summed E-state index contributed by atoms with van der Waals surface area (Å²) in [5.41, 5.74) is 19.4. The van der Waals surface area contributed by atoms with Gasteiger partial charge in [0.05, 0.1) is 5.70 Å². The molecule has 0 atom stereocenters. The molecule has 0 spiro atoms. The van der Waals surface area contributed by atoms with E-state index in [1.54, 1.807) is 0 Å². The first kappa shape index (κ1) is 30.4. The molecule has 0 aliphatic carbocycles. The van der Waals surface area contributed by atoms with E-state index < -0.39 is 0 Å². The number of nitrogens with zero attached hydrogens (tertiary/aromatic N) is 1. The van der Waals surface area contributed by atoms with Crippen molar-refractivity contribution in [3.05, 3.63) is 186 Å². The van der Waals surface area contributed by atoms with Gasteiger partial charge in [-0.1, -0.05) is 151 Å². The number of aryl methyl sites for hydroxylation is 1. The zero-order chi connectivity index (χ0) is 34.3. The summed E-state index contributed by atoms with van der Waals surface area (Å²) >= 11 is 0. The van der Waals surface area contributed by atoms with E-state index in [0.717, 1.165) is 89.4 Å². The molecular formula is C47H34N2O2. The molecular weight excluding hydrogens is 625 g/mol. The number of aliphatic imine (C=N–C) groups is 1. The number of benzene rings is 7. The summed E-state index contributed by atoms with van der Waals surface area (Å²) in [6, 6.07) is 54.2. The molecule has 0 saturated carbocycles. The van der Waals surface area contributed by atoms with E-state index in [2.05, 4.69) is 128 Å². The molecule has 9 aromatic rings. The smallest absolute Gasteiger partial charge is 0.143 e. The Morgan fingerprint density at radius 2 is 1.12 bits per heavy atom. The number of fused-ring (bicyclic) bond motifs is 6. The van der Waals surface area contributed by atoms with Gasteiger partial charge in [0, 0.05) is 44.3 Å². The van der Waals surface area contributed by atoms with Crippen molar-refractivity contribution in [2.45, 2.75) is 13.3 Å². The Hall–Kier alpha value is -6.65. The molecule has 2 N–H and O–H groups in total. The molecule has 9 rings (SSSR count). The van der Waals surface area contributed by atoms with Gasteiger partial charge in [-0.2, -0.15) is 0 Å². The highest BCUT2D eigenvalue weighted by Crippen LogP contribution is 2.42.